The lowest BCUT2D eigenvalue weighted by atomic mass is 9.98. The Labute approximate surface area is 67.9 Å². The Balaban J connectivity index is 1.75. The zero-order chi connectivity index (χ0) is 7.68. The highest BCUT2D eigenvalue weighted by atomic mass is 16.6. The van der Waals surface area contributed by atoms with Crippen LogP contribution in [-0.4, -0.2) is 24.9 Å². The lowest BCUT2D eigenvalue weighted by molar-refractivity contribution is 0.0254. The van der Waals surface area contributed by atoms with E-state index in [9.17, 15) is 0 Å². The van der Waals surface area contributed by atoms with Crippen LogP contribution in [0.5, 0.6) is 0 Å². The Morgan fingerprint density at radius 1 is 1.45 bits per heavy atom. The Morgan fingerprint density at radius 3 is 3.18 bits per heavy atom. The first kappa shape index (κ1) is 7.56. The van der Waals surface area contributed by atoms with Gasteiger partial charge in [-0.1, -0.05) is 6.92 Å². The van der Waals surface area contributed by atoms with Crippen molar-refractivity contribution in [2.24, 2.45) is 0 Å². The van der Waals surface area contributed by atoms with Crippen molar-refractivity contribution in [2.45, 2.75) is 50.9 Å². The third kappa shape index (κ3) is 1.57. The molecule has 1 aliphatic heterocycles. The first-order valence-electron chi connectivity index (χ1n) is 4.69. The van der Waals surface area contributed by atoms with Crippen LogP contribution in [-0.2, 0) is 9.47 Å². The summed E-state index contributed by atoms with van der Waals surface area (Å²) in [6.07, 6.45) is 6.33. The summed E-state index contributed by atoms with van der Waals surface area (Å²) in [4.78, 5) is 0. The van der Waals surface area contributed by atoms with Crippen molar-refractivity contribution in [3.8, 4) is 0 Å². The number of hydrogen-bond acceptors (Lipinski definition) is 2. The van der Waals surface area contributed by atoms with Crippen molar-refractivity contribution in [1.29, 1.82) is 0 Å². The van der Waals surface area contributed by atoms with E-state index >= 15 is 0 Å². The fraction of sp³-hybridized carbons (Fsp3) is 1.00. The standard InChI is InChI=1S/C9H16O2/c1-2-6-10-7-4-3-5-8-9(7)11-8/h7-9H,2-6H2,1H3/t7-,8-,9-/m1/s1. The second-order valence-corrected chi connectivity index (χ2v) is 3.48. The van der Waals surface area contributed by atoms with Crippen LogP contribution < -0.4 is 0 Å². The molecule has 0 aromatic rings. The molecule has 0 amide bonds. The van der Waals surface area contributed by atoms with E-state index in [2.05, 4.69) is 6.92 Å². The average molecular weight is 156 g/mol. The van der Waals surface area contributed by atoms with Crippen molar-refractivity contribution in [3.05, 3.63) is 0 Å². The normalized spacial score (nSPS) is 41.7. The molecule has 0 radical (unpaired) electrons. The van der Waals surface area contributed by atoms with Crippen LogP contribution in [0.3, 0.4) is 0 Å². The quantitative estimate of drug-likeness (QED) is 0.580. The van der Waals surface area contributed by atoms with Crippen LogP contribution in [0.4, 0.5) is 0 Å². The van der Waals surface area contributed by atoms with E-state index in [1.54, 1.807) is 0 Å². The van der Waals surface area contributed by atoms with Gasteiger partial charge in [-0.15, -0.1) is 0 Å². The van der Waals surface area contributed by atoms with Crippen molar-refractivity contribution in [2.75, 3.05) is 6.61 Å². The van der Waals surface area contributed by atoms with Gasteiger partial charge >= 0.3 is 0 Å². The third-order valence-electron chi connectivity index (χ3n) is 2.50. The van der Waals surface area contributed by atoms with Gasteiger partial charge in [0.2, 0.25) is 0 Å². The number of rotatable bonds is 3. The maximum absolute atomic E-state index is 5.66. The summed E-state index contributed by atoms with van der Waals surface area (Å²) in [5.41, 5.74) is 0. The van der Waals surface area contributed by atoms with E-state index in [0.717, 1.165) is 13.0 Å². The van der Waals surface area contributed by atoms with Gasteiger partial charge in [0, 0.05) is 6.61 Å². The van der Waals surface area contributed by atoms with Gasteiger partial charge in [-0.05, 0) is 25.7 Å². The van der Waals surface area contributed by atoms with Crippen LogP contribution in [0.2, 0.25) is 0 Å². The topological polar surface area (TPSA) is 21.8 Å². The summed E-state index contributed by atoms with van der Waals surface area (Å²) in [6.45, 7) is 3.05. The zero-order valence-electron chi connectivity index (χ0n) is 7.08. The summed E-state index contributed by atoms with van der Waals surface area (Å²) in [5.74, 6) is 0. The van der Waals surface area contributed by atoms with Gasteiger partial charge in [0.15, 0.2) is 0 Å². The maximum Gasteiger partial charge on any atom is 0.110 e. The van der Waals surface area contributed by atoms with E-state index < -0.39 is 0 Å². The van der Waals surface area contributed by atoms with Gasteiger partial charge in [0.1, 0.15) is 6.10 Å². The molecule has 3 atom stereocenters. The molecule has 11 heavy (non-hydrogen) atoms. The average Bonchev–Trinajstić information content (AvgIpc) is 2.79. The molecule has 2 fully saturated rings. The monoisotopic (exact) mass is 156 g/mol. The highest BCUT2D eigenvalue weighted by Gasteiger charge is 2.47. The van der Waals surface area contributed by atoms with E-state index in [0.29, 0.717) is 18.3 Å². The fourth-order valence-corrected chi connectivity index (χ4v) is 1.85. The lowest BCUT2D eigenvalue weighted by Gasteiger charge is -2.18. The molecular formula is C9H16O2. The Morgan fingerprint density at radius 2 is 2.36 bits per heavy atom. The van der Waals surface area contributed by atoms with Crippen molar-refractivity contribution >= 4 is 0 Å². The predicted octanol–water partition coefficient (Wildman–Crippen LogP) is 1.73. The first-order valence-corrected chi connectivity index (χ1v) is 4.69. The minimum Gasteiger partial charge on any atom is -0.375 e. The number of fused-ring (bicyclic) bond motifs is 1. The number of ether oxygens (including phenoxy) is 2. The fourth-order valence-electron chi connectivity index (χ4n) is 1.85. The smallest absolute Gasteiger partial charge is 0.110 e. The first-order chi connectivity index (χ1) is 5.42. The molecule has 1 aliphatic carbocycles. The molecule has 1 saturated carbocycles. The van der Waals surface area contributed by atoms with Gasteiger partial charge in [-0.25, -0.2) is 0 Å². The van der Waals surface area contributed by atoms with Crippen LogP contribution in [0.15, 0.2) is 0 Å². The minimum absolute atomic E-state index is 0.425. The molecule has 0 unspecified atom stereocenters. The van der Waals surface area contributed by atoms with Crippen molar-refractivity contribution < 1.29 is 9.47 Å². The molecular weight excluding hydrogens is 140 g/mol. The van der Waals surface area contributed by atoms with Crippen LogP contribution in [0.1, 0.15) is 32.6 Å². The van der Waals surface area contributed by atoms with Crippen LogP contribution >= 0.6 is 0 Å². The Kier molecular flexibility index (Phi) is 2.14. The summed E-state index contributed by atoms with van der Waals surface area (Å²) in [5, 5.41) is 0. The van der Waals surface area contributed by atoms with Gasteiger partial charge in [0.05, 0.1) is 12.2 Å². The van der Waals surface area contributed by atoms with Crippen LogP contribution in [0, 0.1) is 0 Å². The second-order valence-electron chi connectivity index (χ2n) is 3.48. The molecule has 0 aromatic carbocycles. The summed E-state index contributed by atoms with van der Waals surface area (Å²) < 4.78 is 11.1. The minimum atomic E-state index is 0.425. The molecule has 0 N–H and O–H groups in total. The van der Waals surface area contributed by atoms with E-state index in [1.807, 2.05) is 0 Å². The molecule has 1 saturated heterocycles. The second kappa shape index (κ2) is 3.11. The summed E-state index contributed by atoms with van der Waals surface area (Å²) in [6, 6.07) is 0. The third-order valence-corrected chi connectivity index (χ3v) is 2.50. The van der Waals surface area contributed by atoms with Gasteiger partial charge in [-0.3, -0.25) is 0 Å². The van der Waals surface area contributed by atoms with Gasteiger partial charge in [0.25, 0.3) is 0 Å². The van der Waals surface area contributed by atoms with Crippen molar-refractivity contribution in [3.63, 3.8) is 0 Å². The van der Waals surface area contributed by atoms with Crippen LogP contribution in [0.25, 0.3) is 0 Å². The molecule has 2 rings (SSSR count). The number of epoxide rings is 1. The lowest BCUT2D eigenvalue weighted by Crippen LogP contribution is -2.25. The van der Waals surface area contributed by atoms with Gasteiger partial charge in [-0.2, -0.15) is 0 Å². The molecule has 2 aliphatic rings. The molecule has 0 spiro atoms. The molecule has 64 valence electrons. The largest absolute Gasteiger partial charge is 0.375 e. The highest BCUT2D eigenvalue weighted by molar-refractivity contribution is 4.95. The van der Waals surface area contributed by atoms with Gasteiger partial charge < -0.3 is 9.47 Å². The van der Waals surface area contributed by atoms with Crippen molar-refractivity contribution in [1.82, 2.24) is 0 Å². The molecule has 2 nitrogen and oxygen atoms in total. The van der Waals surface area contributed by atoms with E-state index in [-0.39, 0.29) is 0 Å². The summed E-state index contributed by atoms with van der Waals surface area (Å²) in [7, 11) is 0. The number of hydrogen-bond donors (Lipinski definition) is 0. The van der Waals surface area contributed by atoms with E-state index in [1.165, 1.54) is 19.3 Å². The Bertz CT molecular complexity index is 136. The molecule has 0 bridgehead atoms. The molecule has 0 aromatic heterocycles. The summed E-state index contributed by atoms with van der Waals surface area (Å²) >= 11 is 0. The predicted molar refractivity (Wildman–Crippen MR) is 42.5 cm³/mol. The highest BCUT2D eigenvalue weighted by Crippen LogP contribution is 2.38. The molecule has 1 heterocycles. The SMILES string of the molecule is CCCO[C@@H]1CCC[C@H]2O[C@H]12. The van der Waals surface area contributed by atoms with E-state index in [4.69, 9.17) is 9.47 Å². The Hall–Kier alpha value is -0.0800. The molecule has 2 heteroatoms. The maximum atomic E-state index is 5.66. The zero-order valence-corrected chi connectivity index (χ0v) is 7.08.